The number of rotatable bonds is 4. The van der Waals surface area contributed by atoms with Crippen molar-refractivity contribution in [3.05, 3.63) is 35.4 Å². The van der Waals surface area contributed by atoms with Gasteiger partial charge in [0, 0.05) is 6.92 Å². The molecule has 2 aromatic heterocycles. The summed E-state index contributed by atoms with van der Waals surface area (Å²) in [5.74, 6) is -1.18. The smallest absolute Gasteiger partial charge is 0.339 e. The molecular weight excluding hydrogens is 243 g/mol. The third kappa shape index (κ3) is 2.59. The van der Waals surface area contributed by atoms with Crippen molar-refractivity contribution >= 4 is 11.8 Å². The fourth-order valence-electron chi connectivity index (χ4n) is 1.32. The number of anilines is 1. The van der Waals surface area contributed by atoms with Crippen molar-refractivity contribution < 1.29 is 18.8 Å². The molecule has 0 amide bonds. The maximum Gasteiger partial charge on any atom is 0.339 e. The van der Waals surface area contributed by atoms with Gasteiger partial charge in [-0.1, -0.05) is 5.16 Å². The number of nitrogens with one attached hydrogen (secondary N) is 1. The van der Waals surface area contributed by atoms with Crippen LogP contribution in [-0.4, -0.2) is 26.2 Å². The minimum Gasteiger partial charge on any atom is -0.478 e. The minimum atomic E-state index is -1.27. The summed E-state index contributed by atoms with van der Waals surface area (Å²) in [6.07, 6.45) is 0.927. The zero-order chi connectivity index (χ0) is 13.1. The highest BCUT2D eigenvalue weighted by Crippen LogP contribution is 2.14. The van der Waals surface area contributed by atoms with Crippen LogP contribution in [0, 0.1) is 12.7 Å². The van der Waals surface area contributed by atoms with Crippen LogP contribution in [0.1, 0.15) is 22.1 Å². The third-order valence-corrected chi connectivity index (χ3v) is 2.07. The Morgan fingerprint density at radius 1 is 1.61 bits per heavy atom. The van der Waals surface area contributed by atoms with E-state index in [1.165, 1.54) is 0 Å². The molecule has 0 saturated heterocycles. The summed E-state index contributed by atoms with van der Waals surface area (Å²) >= 11 is 0. The number of aromatic nitrogens is 3. The first-order valence-electron chi connectivity index (χ1n) is 4.98. The molecular formula is C10H9FN4O3. The second-order valence-corrected chi connectivity index (χ2v) is 3.44. The molecule has 0 unspecified atom stereocenters. The number of halogens is 1. The lowest BCUT2D eigenvalue weighted by molar-refractivity contribution is 0.0697. The van der Waals surface area contributed by atoms with Gasteiger partial charge in [0.05, 0.1) is 12.7 Å². The molecule has 0 aliphatic heterocycles. The third-order valence-electron chi connectivity index (χ3n) is 2.07. The number of aromatic carboxylic acids is 1. The lowest BCUT2D eigenvalue weighted by atomic mass is 10.2. The van der Waals surface area contributed by atoms with Gasteiger partial charge in [0.2, 0.25) is 5.89 Å². The number of aryl methyl sites for hydroxylation is 1. The summed E-state index contributed by atoms with van der Waals surface area (Å²) < 4.78 is 17.6. The van der Waals surface area contributed by atoms with Crippen LogP contribution in [0.2, 0.25) is 0 Å². The molecule has 2 heterocycles. The van der Waals surface area contributed by atoms with E-state index in [9.17, 15) is 9.18 Å². The van der Waals surface area contributed by atoms with Crippen LogP contribution in [0.25, 0.3) is 0 Å². The molecule has 0 fully saturated rings. The number of carbonyl (C=O) groups is 1. The number of hydrogen-bond acceptors (Lipinski definition) is 6. The lowest BCUT2D eigenvalue weighted by Crippen LogP contribution is -2.09. The molecule has 0 saturated carbocycles. The summed E-state index contributed by atoms with van der Waals surface area (Å²) in [4.78, 5) is 18.5. The van der Waals surface area contributed by atoms with Crippen LogP contribution in [0.5, 0.6) is 0 Å². The van der Waals surface area contributed by atoms with Crippen LogP contribution in [0.3, 0.4) is 0 Å². The second-order valence-electron chi connectivity index (χ2n) is 3.44. The SMILES string of the molecule is Cc1nc(CNc2ncc(F)cc2C(=O)O)no1. The van der Waals surface area contributed by atoms with E-state index in [0.29, 0.717) is 11.7 Å². The van der Waals surface area contributed by atoms with Crippen molar-refractivity contribution in [2.24, 2.45) is 0 Å². The van der Waals surface area contributed by atoms with Crippen LogP contribution >= 0.6 is 0 Å². The normalized spacial score (nSPS) is 10.3. The van der Waals surface area contributed by atoms with Gasteiger partial charge in [-0.3, -0.25) is 0 Å². The highest BCUT2D eigenvalue weighted by molar-refractivity contribution is 5.92. The number of carboxylic acids is 1. The Kier molecular flexibility index (Phi) is 3.18. The van der Waals surface area contributed by atoms with Crippen molar-refractivity contribution in [3.63, 3.8) is 0 Å². The van der Waals surface area contributed by atoms with Gasteiger partial charge in [0.1, 0.15) is 17.2 Å². The molecule has 0 bridgehead atoms. The molecule has 2 aromatic rings. The van der Waals surface area contributed by atoms with Gasteiger partial charge in [0.25, 0.3) is 0 Å². The van der Waals surface area contributed by atoms with E-state index in [4.69, 9.17) is 9.63 Å². The van der Waals surface area contributed by atoms with E-state index in [1.807, 2.05) is 0 Å². The summed E-state index contributed by atoms with van der Waals surface area (Å²) in [6, 6.07) is 0.888. The first-order valence-corrected chi connectivity index (χ1v) is 4.98. The maximum atomic E-state index is 12.9. The molecule has 18 heavy (non-hydrogen) atoms. The van der Waals surface area contributed by atoms with Crippen molar-refractivity contribution in [1.29, 1.82) is 0 Å². The van der Waals surface area contributed by atoms with Gasteiger partial charge in [-0.25, -0.2) is 14.2 Å². The summed E-state index contributed by atoms with van der Waals surface area (Å²) in [5.41, 5.74) is -0.254. The van der Waals surface area contributed by atoms with Gasteiger partial charge < -0.3 is 14.9 Å². The van der Waals surface area contributed by atoms with E-state index >= 15 is 0 Å². The van der Waals surface area contributed by atoms with E-state index < -0.39 is 11.8 Å². The molecule has 8 heteroatoms. The van der Waals surface area contributed by atoms with Gasteiger partial charge >= 0.3 is 5.97 Å². The molecule has 94 valence electrons. The van der Waals surface area contributed by atoms with Crippen molar-refractivity contribution in [2.75, 3.05) is 5.32 Å². The minimum absolute atomic E-state index is 0.0475. The van der Waals surface area contributed by atoms with E-state index in [2.05, 4.69) is 20.4 Å². The lowest BCUT2D eigenvalue weighted by Gasteiger charge is -2.06. The fourth-order valence-corrected chi connectivity index (χ4v) is 1.32. The first-order chi connectivity index (χ1) is 8.56. The molecule has 0 aliphatic rings. The zero-order valence-electron chi connectivity index (χ0n) is 9.35. The zero-order valence-corrected chi connectivity index (χ0v) is 9.35. The summed E-state index contributed by atoms with van der Waals surface area (Å²) in [6.45, 7) is 1.77. The molecule has 0 radical (unpaired) electrons. The molecule has 0 aliphatic carbocycles. The van der Waals surface area contributed by atoms with Gasteiger partial charge in [-0.05, 0) is 6.07 Å². The highest BCUT2D eigenvalue weighted by Gasteiger charge is 2.13. The molecule has 0 spiro atoms. The Balaban J connectivity index is 2.16. The van der Waals surface area contributed by atoms with E-state index in [-0.39, 0.29) is 17.9 Å². The Hall–Kier alpha value is -2.51. The number of hydrogen-bond donors (Lipinski definition) is 2. The topological polar surface area (TPSA) is 101 Å². The van der Waals surface area contributed by atoms with Crippen molar-refractivity contribution in [3.8, 4) is 0 Å². The highest BCUT2D eigenvalue weighted by atomic mass is 19.1. The van der Waals surface area contributed by atoms with E-state index in [0.717, 1.165) is 12.3 Å². The Morgan fingerprint density at radius 2 is 2.39 bits per heavy atom. The molecule has 0 atom stereocenters. The predicted molar refractivity (Wildman–Crippen MR) is 57.5 cm³/mol. The largest absolute Gasteiger partial charge is 0.478 e. The number of pyridine rings is 1. The van der Waals surface area contributed by atoms with Gasteiger partial charge in [-0.15, -0.1) is 0 Å². The quantitative estimate of drug-likeness (QED) is 0.843. The molecule has 0 aromatic carbocycles. The van der Waals surface area contributed by atoms with Crippen LogP contribution in [0.15, 0.2) is 16.8 Å². The van der Waals surface area contributed by atoms with Crippen molar-refractivity contribution in [1.82, 2.24) is 15.1 Å². The first kappa shape index (κ1) is 12.0. The summed E-state index contributed by atoms with van der Waals surface area (Å²) in [5, 5.41) is 15.2. The van der Waals surface area contributed by atoms with E-state index in [1.54, 1.807) is 6.92 Å². The van der Waals surface area contributed by atoms with Crippen LogP contribution in [-0.2, 0) is 6.54 Å². The van der Waals surface area contributed by atoms with Gasteiger partial charge in [-0.2, -0.15) is 4.98 Å². The average Bonchev–Trinajstić information content (AvgIpc) is 2.73. The summed E-state index contributed by atoms with van der Waals surface area (Å²) in [7, 11) is 0. The van der Waals surface area contributed by atoms with Crippen LogP contribution in [0.4, 0.5) is 10.2 Å². The predicted octanol–water partition coefficient (Wildman–Crippen LogP) is 1.22. The van der Waals surface area contributed by atoms with Crippen LogP contribution < -0.4 is 5.32 Å². The maximum absolute atomic E-state index is 12.9. The number of nitrogens with zero attached hydrogens (tertiary/aromatic N) is 3. The molecule has 7 nitrogen and oxygen atoms in total. The molecule has 2 N–H and O–H groups in total. The monoisotopic (exact) mass is 252 g/mol. The Labute approximate surface area is 101 Å². The standard InChI is InChI=1S/C10H9FN4O3/c1-5-14-8(15-18-5)4-13-9-7(10(16)17)2-6(11)3-12-9/h2-3H,4H2,1H3,(H,12,13)(H,16,17). The molecule has 2 rings (SSSR count). The second kappa shape index (κ2) is 4.78. The number of carboxylic acid groups (broad SMARTS) is 1. The Bertz CT molecular complexity index is 584. The van der Waals surface area contributed by atoms with Gasteiger partial charge in [0.15, 0.2) is 5.82 Å². The average molecular weight is 252 g/mol. The fraction of sp³-hybridized carbons (Fsp3) is 0.200. The Morgan fingerprint density at radius 3 is 3.00 bits per heavy atom. The van der Waals surface area contributed by atoms with Crippen molar-refractivity contribution in [2.45, 2.75) is 13.5 Å².